The number of aromatic hydroxyl groups is 1. The van der Waals surface area contributed by atoms with Gasteiger partial charge >= 0.3 is 0 Å². The number of nitrogens with one attached hydrogen (secondary N) is 1. The first-order valence-corrected chi connectivity index (χ1v) is 5.80. The van der Waals surface area contributed by atoms with Crippen molar-refractivity contribution < 1.29 is 5.11 Å². The van der Waals surface area contributed by atoms with Gasteiger partial charge in [0.25, 0.3) is 0 Å². The average Bonchev–Trinajstić information content (AvgIpc) is 2.18. The first-order valence-electron chi connectivity index (χ1n) is 5.27. The van der Waals surface area contributed by atoms with Crippen LogP contribution in [0.2, 0.25) is 0 Å². The number of phenolic OH excluding ortho intramolecular Hbond substituents is 1. The molecule has 0 saturated heterocycles. The van der Waals surface area contributed by atoms with Crippen LogP contribution >= 0.6 is 11.6 Å². The summed E-state index contributed by atoms with van der Waals surface area (Å²) in [6, 6.07) is 7.31. The number of hydrogen-bond donors (Lipinski definition) is 2. The third-order valence-electron chi connectivity index (χ3n) is 2.33. The van der Waals surface area contributed by atoms with E-state index in [1.165, 1.54) is 0 Å². The predicted molar refractivity (Wildman–Crippen MR) is 64.3 cm³/mol. The Labute approximate surface area is 96.3 Å². The zero-order chi connectivity index (χ0) is 11.1. The zero-order valence-corrected chi connectivity index (χ0v) is 9.80. The predicted octanol–water partition coefficient (Wildman–Crippen LogP) is 2.75. The summed E-state index contributed by atoms with van der Waals surface area (Å²) in [5.41, 5.74) is 1.10. The van der Waals surface area contributed by atoms with E-state index in [2.05, 4.69) is 12.2 Å². The minimum absolute atomic E-state index is 0.322. The molecule has 2 N–H and O–H groups in total. The van der Waals surface area contributed by atoms with E-state index in [1.807, 2.05) is 12.1 Å². The highest BCUT2D eigenvalue weighted by Gasteiger charge is 2.00. The van der Waals surface area contributed by atoms with Crippen molar-refractivity contribution in [3.8, 4) is 5.75 Å². The van der Waals surface area contributed by atoms with Gasteiger partial charge in [-0.15, -0.1) is 11.6 Å². The van der Waals surface area contributed by atoms with Crippen LogP contribution in [0.25, 0.3) is 0 Å². The maximum Gasteiger partial charge on any atom is 0.115 e. The summed E-state index contributed by atoms with van der Waals surface area (Å²) in [6.45, 7) is 3.93. The number of halogens is 1. The molecule has 2 nitrogen and oxygen atoms in total. The SMILES string of the molecule is CC(CCCl)CNCc1cccc(O)c1. The van der Waals surface area contributed by atoms with Crippen molar-refractivity contribution in [2.24, 2.45) is 5.92 Å². The summed E-state index contributed by atoms with van der Waals surface area (Å²) in [6.07, 6.45) is 1.04. The minimum Gasteiger partial charge on any atom is -0.508 e. The lowest BCUT2D eigenvalue weighted by atomic mass is 10.1. The van der Waals surface area contributed by atoms with Gasteiger partial charge in [-0.2, -0.15) is 0 Å². The van der Waals surface area contributed by atoms with E-state index in [0.717, 1.165) is 31.0 Å². The molecule has 0 amide bonds. The fourth-order valence-electron chi connectivity index (χ4n) is 1.42. The van der Waals surface area contributed by atoms with E-state index in [1.54, 1.807) is 12.1 Å². The van der Waals surface area contributed by atoms with Crippen molar-refractivity contribution in [1.29, 1.82) is 0 Å². The van der Waals surface area contributed by atoms with Gasteiger partial charge in [0.15, 0.2) is 0 Å². The fourth-order valence-corrected chi connectivity index (χ4v) is 1.79. The van der Waals surface area contributed by atoms with Gasteiger partial charge in [-0.3, -0.25) is 0 Å². The second kappa shape index (κ2) is 6.70. The molecule has 0 radical (unpaired) electrons. The van der Waals surface area contributed by atoms with Crippen LogP contribution in [0, 0.1) is 5.92 Å². The molecule has 0 spiro atoms. The maximum atomic E-state index is 9.26. The molecule has 0 fully saturated rings. The Morgan fingerprint density at radius 3 is 2.93 bits per heavy atom. The number of hydrogen-bond acceptors (Lipinski definition) is 2. The van der Waals surface area contributed by atoms with Crippen LogP contribution in [0.3, 0.4) is 0 Å². The van der Waals surface area contributed by atoms with Crippen LogP contribution < -0.4 is 5.32 Å². The second-order valence-corrected chi connectivity index (χ2v) is 4.26. The van der Waals surface area contributed by atoms with Crippen molar-refractivity contribution in [3.63, 3.8) is 0 Å². The molecule has 84 valence electrons. The molecule has 0 bridgehead atoms. The van der Waals surface area contributed by atoms with Gasteiger partial charge in [-0.1, -0.05) is 19.1 Å². The van der Waals surface area contributed by atoms with Crippen LogP contribution in [0.5, 0.6) is 5.75 Å². The summed E-state index contributed by atoms with van der Waals surface area (Å²) in [5, 5.41) is 12.6. The summed E-state index contributed by atoms with van der Waals surface area (Å²) in [7, 11) is 0. The second-order valence-electron chi connectivity index (χ2n) is 3.88. The molecular formula is C12H18ClNO. The van der Waals surface area contributed by atoms with E-state index >= 15 is 0 Å². The van der Waals surface area contributed by atoms with Gasteiger partial charge in [-0.05, 0) is 36.6 Å². The van der Waals surface area contributed by atoms with Crippen molar-refractivity contribution >= 4 is 11.6 Å². The summed E-state index contributed by atoms with van der Waals surface area (Å²) in [5.74, 6) is 1.64. The lowest BCUT2D eigenvalue weighted by molar-refractivity contribution is 0.472. The molecule has 1 unspecified atom stereocenters. The Kier molecular flexibility index (Phi) is 5.51. The summed E-state index contributed by atoms with van der Waals surface area (Å²) in [4.78, 5) is 0. The maximum absolute atomic E-state index is 9.26. The lowest BCUT2D eigenvalue weighted by Gasteiger charge is -2.10. The van der Waals surface area contributed by atoms with Crippen LogP contribution in [0.1, 0.15) is 18.9 Å². The van der Waals surface area contributed by atoms with Gasteiger partial charge in [0.05, 0.1) is 0 Å². The van der Waals surface area contributed by atoms with Crippen molar-refractivity contribution in [3.05, 3.63) is 29.8 Å². The molecule has 0 aliphatic carbocycles. The molecule has 0 aromatic heterocycles. The van der Waals surface area contributed by atoms with Gasteiger partial charge < -0.3 is 10.4 Å². The highest BCUT2D eigenvalue weighted by molar-refractivity contribution is 6.17. The van der Waals surface area contributed by atoms with Gasteiger partial charge in [-0.25, -0.2) is 0 Å². The van der Waals surface area contributed by atoms with Crippen molar-refractivity contribution in [2.45, 2.75) is 19.9 Å². The number of phenols is 1. The highest BCUT2D eigenvalue weighted by atomic mass is 35.5. The quantitative estimate of drug-likeness (QED) is 0.733. The fraction of sp³-hybridized carbons (Fsp3) is 0.500. The molecule has 0 aliphatic heterocycles. The Morgan fingerprint density at radius 2 is 2.27 bits per heavy atom. The number of benzene rings is 1. The molecule has 3 heteroatoms. The minimum atomic E-state index is 0.322. The molecule has 0 saturated carbocycles. The largest absolute Gasteiger partial charge is 0.508 e. The van der Waals surface area contributed by atoms with Crippen LogP contribution in [-0.4, -0.2) is 17.5 Å². The van der Waals surface area contributed by atoms with Gasteiger partial charge in [0, 0.05) is 12.4 Å². The number of rotatable bonds is 6. The monoisotopic (exact) mass is 227 g/mol. The molecule has 1 aromatic carbocycles. The standard InChI is InChI=1S/C12H18ClNO/c1-10(5-6-13)8-14-9-11-3-2-4-12(15)7-11/h2-4,7,10,14-15H,5-6,8-9H2,1H3. The Morgan fingerprint density at radius 1 is 1.47 bits per heavy atom. The Bertz CT molecular complexity index is 291. The Hall–Kier alpha value is -0.730. The normalized spacial score (nSPS) is 12.7. The summed E-state index contributed by atoms with van der Waals surface area (Å²) < 4.78 is 0. The smallest absolute Gasteiger partial charge is 0.115 e. The zero-order valence-electron chi connectivity index (χ0n) is 9.04. The lowest BCUT2D eigenvalue weighted by Crippen LogP contribution is -2.20. The summed E-state index contributed by atoms with van der Waals surface area (Å²) >= 11 is 5.65. The third-order valence-corrected chi connectivity index (χ3v) is 2.55. The molecule has 15 heavy (non-hydrogen) atoms. The van der Waals surface area contributed by atoms with Crippen LogP contribution in [-0.2, 0) is 6.54 Å². The molecule has 1 rings (SSSR count). The molecular weight excluding hydrogens is 210 g/mol. The van der Waals surface area contributed by atoms with Crippen LogP contribution in [0.4, 0.5) is 0 Å². The molecule has 0 aliphatic rings. The topological polar surface area (TPSA) is 32.3 Å². The van der Waals surface area contributed by atoms with Gasteiger partial charge in [0.2, 0.25) is 0 Å². The molecule has 0 heterocycles. The molecule has 1 aromatic rings. The first-order chi connectivity index (χ1) is 7.22. The van der Waals surface area contributed by atoms with E-state index in [0.29, 0.717) is 11.7 Å². The van der Waals surface area contributed by atoms with E-state index < -0.39 is 0 Å². The van der Waals surface area contributed by atoms with E-state index in [4.69, 9.17) is 11.6 Å². The highest BCUT2D eigenvalue weighted by Crippen LogP contribution is 2.10. The van der Waals surface area contributed by atoms with E-state index in [9.17, 15) is 5.11 Å². The van der Waals surface area contributed by atoms with E-state index in [-0.39, 0.29) is 0 Å². The number of alkyl halides is 1. The Balaban J connectivity index is 2.25. The first kappa shape index (κ1) is 12.3. The average molecular weight is 228 g/mol. The van der Waals surface area contributed by atoms with Crippen molar-refractivity contribution in [1.82, 2.24) is 5.32 Å². The third kappa shape index (κ3) is 5.05. The van der Waals surface area contributed by atoms with Gasteiger partial charge in [0.1, 0.15) is 5.75 Å². The van der Waals surface area contributed by atoms with Crippen molar-refractivity contribution in [2.75, 3.05) is 12.4 Å². The molecule has 1 atom stereocenters. The van der Waals surface area contributed by atoms with Crippen LogP contribution in [0.15, 0.2) is 24.3 Å².